The van der Waals surface area contributed by atoms with Gasteiger partial charge in [-0.2, -0.15) is 10.1 Å². The number of unbranched alkanes of at least 4 members (excludes halogenated alkanes) is 1. The van der Waals surface area contributed by atoms with Crippen LogP contribution in [0, 0.1) is 13.8 Å². The highest BCUT2D eigenvalue weighted by atomic mass is 32.2. The van der Waals surface area contributed by atoms with E-state index in [1.54, 1.807) is 30.8 Å². The molecule has 4 aromatic rings. The maximum absolute atomic E-state index is 13.5. The third-order valence-electron chi connectivity index (χ3n) is 6.53. The summed E-state index contributed by atoms with van der Waals surface area (Å²) in [4.78, 5) is 9.11. The summed E-state index contributed by atoms with van der Waals surface area (Å²) in [7, 11) is -4.04. The fourth-order valence-corrected chi connectivity index (χ4v) is 5.41. The summed E-state index contributed by atoms with van der Waals surface area (Å²) >= 11 is 0. The van der Waals surface area contributed by atoms with Crippen LogP contribution in [0.4, 0.5) is 5.88 Å². The average Bonchev–Trinajstić information content (AvgIpc) is 3.50. The lowest BCUT2D eigenvalue weighted by Crippen LogP contribution is -2.15. The van der Waals surface area contributed by atoms with Crippen molar-refractivity contribution >= 4 is 15.9 Å². The monoisotopic (exact) mass is 582 g/mol. The number of aromatic nitrogens is 5. The van der Waals surface area contributed by atoms with Crippen LogP contribution < -0.4 is 9.46 Å². The Morgan fingerprint density at radius 1 is 1.10 bits per heavy atom. The summed E-state index contributed by atoms with van der Waals surface area (Å²) in [5, 5.41) is 8.55. The van der Waals surface area contributed by atoms with Crippen LogP contribution in [-0.4, -0.2) is 46.5 Å². The van der Waals surface area contributed by atoms with Crippen molar-refractivity contribution in [1.82, 2.24) is 24.9 Å². The van der Waals surface area contributed by atoms with Gasteiger partial charge in [0, 0.05) is 30.4 Å². The number of anilines is 1. The normalized spacial score (nSPS) is 11.6. The average molecular weight is 583 g/mol. The quantitative estimate of drug-likeness (QED) is 0.194. The van der Waals surface area contributed by atoms with Crippen molar-refractivity contribution in [3.05, 3.63) is 64.7 Å². The van der Waals surface area contributed by atoms with Gasteiger partial charge in [0.2, 0.25) is 5.88 Å². The summed E-state index contributed by atoms with van der Waals surface area (Å²) < 4.78 is 48.1. The van der Waals surface area contributed by atoms with Gasteiger partial charge in [0.05, 0.1) is 31.1 Å². The molecule has 0 aliphatic heterocycles. The van der Waals surface area contributed by atoms with Crippen LogP contribution in [0.3, 0.4) is 0 Å². The molecule has 3 aromatic heterocycles. The van der Waals surface area contributed by atoms with E-state index in [4.69, 9.17) is 19.1 Å². The van der Waals surface area contributed by atoms with Crippen LogP contribution >= 0.6 is 0 Å². The molecule has 0 amide bonds. The van der Waals surface area contributed by atoms with Gasteiger partial charge in [0.25, 0.3) is 10.0 Å². The number of benzene rings is 1. The van der Waals surface area contributed by atoms with E-state index in [0.717, 1.165) is 42.6 Å². The number of ether oxygens (including phenoxy) is 2. The zero-order valence-corrected chi connectivity index (χ0v) is 25.1. The first-order valence-electron chi connectivity index (χ1n) is 13.9. The summed E-state index contributed by atoms with van der Waals surface area (Å²) in [6.07, 6.45) is 5.29. The Bertz CT molecular complexity index is 1560. The molecular weight excluding hydrogens is 544 g/mol. The van der Waals surface area contributed by atoms with E-state index in [0.29, 0.717) is 48.3 Å². The maximum atomic E-state index is 13.5. The molecule has 0 unspecified atom stereocenters. The number of nitrogens with zero attached hydrogens (tertiary/aromatic N) is 5. The number of aryl methyl sites for hydroxylation is 2. The van der Waals surface area contributed by atoms with E-state index in [1.807, 2.05) is 32.0 Å². The summed E-state index contributed by atoms with van der Waals surface area (Å²) in [6, 6.07) is 9.40. The van der Waals surface area contributed by atoms with E-state index in [-0.39, 0.29) is 17.4 Å². The SMILES string of the molecule is CCCCc1nc(OCCC)n(Cc2ccc(-c3ncccc3S(=O)(=O)Nc3onc(C)c3C)c(COCC)c2)n1. The van der Waals surface area contributed by atoms with Crippen LogP contribution in [0.1, 0.15) is 68.2 Å². The van der Waals surface area contributed by atoms with E-state index in [1.165, 1.54) is 6.07 Å². The number of rotatable bonds is 15. The van der Waals surface area contributed by atoms with Crippen LogP contribution in [-0.2, 0) is 34.3 Å². The van der Waals surface area contributed by atoms with Crippen molar-refractivity contribution in [2.75, 3.05) is 17.9 Å². The van der Waals surface area contributed by atoms with Gasteiger partial charge in [0.1, 0.15) is 4.90 Å². The van der Waals surface area contributed by atoms with Crippen molar-refractivity contribution in [2.45, 2.75) is 78.3 Å². The predicted octanol–water partition coefficient (Wildman–Crippen LogP) is 5.46. The van der Waals surface area contributed by atoms with Gasteiger partial charge < -0.3 is 14.0 Å². The largest absolute Gasteiger partial charge is 0.464 e. The lowest BCUT2D eigenvalue weighted by atomic mass is 10.0. The predicted molar refractivity (Wildman–Crippen MR) is 155 cm³/mol. The van der Waals surface area contributed by atoms with Crippen molar-refractivity contribution in [3.8, 4) is 17.3 Å². The second kappa shape index (κ2) is 13.7. The summed E-state index contributed by atoms with van der Waals surface area (Å²) in [5.41, 5.74) is 3.94. The molecule has 0 saturated heterocycles. The smallest absolute Gasteiger partial charge is 0.315 e. The van der Waals surface area contributed by atoms with Gasteiger partial charge in [-0.25, -0.2) is 17.8 Å². The Hall–Kier alpha value is -3.77. The number of sulfonamides is 1. The second-order valence-electron chi connectivity index (χ2n) is 9.73. The zero-order valence-electron chi connectivity index (χ0n) is 24.3. The molecule has 0 atom stereocenters. The highest BCUT2D eigenvalue weighted by molar-refractivity contribution is 7.92. The minimum absolute atomic E-state index is 0.0195. The van der Waals surface area contributed by atoms with E-state index in [2.05, 4.69) is 26.8 Å². The summed E-state index contributed by atoms with van der Waals surface area (Å²) in [5.74, 6) is 0.839. The number of hydrogen-bond donors (Lipinski definition) is 1. The Kier molecular flexibility index (Phi) is 10.1. The lowest BCUT2D eigenvalue weighted by Gasteiger charge is -2.15. The molecule has 0 aliphatic rings. The molecule has 4 rings (SSSR count). The first-order chi connectivity index (χ1) is 19.8. The topological polar surface area (TPSA) is 134 Å². The first kappa shape index (κ1) is 30.2. The molecule has 220 valence electrons. The Labute approximate surface area is 241 Å². The number of hydrogen-bond acceptors (Lipinski definition) is 9. The molecular formula is C29H38N6O5S. The Morgan fingerprint density at radius 2 is 1.93 bits per heavy atom. The van der Waals surface area contributed by atoms with E-state index >= 15 is 0 Å². The minimum atomic E-state index is -4.04. The molecule has 0 bridgehead atoms. The Balaban J connectivity index is 1.70. The van der Waals surface area contributed by atoms with E-state index in [9.17, 15) is 8.42 Å². The van der Waals surface area contributed by atoms with Gasteiger partial charge in [-0.1, -0.05) is 43.6 Å². The molecule has 0 saturated carbocycles. The standard InChI is InChI=1S/C29H38N6O5S/c1-6-9-12-26-31-29(39-16-7-2)35(32-26)18-22-13-14-24(23(17-22)19-38-8-3)27-25(11-10-15-30-27)41(36,37)34-28-20(4)21(5)33-40-28/h10-11,13-15,17,34H,6-9,12,16,18-19H2,1-5H3. The third kappa shape index (κ3) is 7.31. The van der Waals surface area contributed by atoms with Crippen molar-refractivity contribution < 1.29 is 22.4 Å². The highest BCUT2D eigenvalue weighted by Crippen LogP contribution is 2.32. The van der Waals surface area contributed by atoms with Crippen LogP contribution in [0.2, 0.25) is 0 Å². The maximum Gasteiger partial charge on any atom is 0.315 e. The fourth-order valence-electron chi connectivity index (χ4n) is 4.19. The van der Waals surface area contributed by atoms with Crippen LogP contribution in [0.25, 0.3) is 11.3 Å². The molecule has 0 aliphatic carbocycles. The first-order valence-corrected chi connectivity index (χ1v) is 15.4. The molecule has 1 aromatic carbocycles. The van der Waals surface area contributed by atoms with Crippen molar-refractivity contribution in [1.29, 1.82) is 0 Å². The molecule has 41 heavy (non-hydrogen) atoms. The molecule has 0 radical (unpaired) electrons. The Morgan fingerprint density at radius 3 is 2.63 bits per heavy atom. The summed E-state index contributed by atoms with van der Waals surface area (Å²) in [6.45, 7) is 11.4. The number of pyridine rings is 1. The van der Waals surface area contributed by atoms with Crippen LogP contribution in [0.15, 0.2) is 45.9 Å². The van der Waals surface area contributed by atoms with Gasteiger partial charge in [0.15, 0.2) is 5.82 Å². The fraction of sp³-hybridized carbons (Fsp3) is 0.448. The molecule has 12 heteroatoms. The lowest BCUT2D eigenvalue weighted by molar-refractivity contribution is 0.134. The van der Waals surface area contributed by atoms with Gasteiger partial charge in [-0.05, 0) is 56.9 Å². The zero-order chi connectivity index (χ0) is 29.4. The molecule has 0 fully saturated rings. The van der Waals surface area contributed by atoms with Gasteiger partial charge in [-0.3, -0.25) is 4.98 Å². The van der Waals surface area contributed by atoms with E-state index < -0.39 is 10.0 Å². The van der Waals surface area contributed by atoms with Crippen LogP contribution in [0.5, 0.6) is 6.01 Å². The highest BCUT2D eigenvalue weighted by Gasteiger charge is 2.25. The second-order valence-corrected chi connectivity index (χ2v) is 11.4. The number of nitrogens with one attached hydrogen (secondary N) is 1. The molecule has 0 spiro atoms. The van der Waals surface area contributed by atoms with Crippen molar-refractivity contribution in [2.24, 2.45) is 0 Å². The molecule has 11 nitrogen and oxygen atoms in total. The molecule has 1 N–H and O–H groups in total. The van der Waals surface area contributed by atoms with Gasteiger partial charge in [-0.15, -0.1) is 0 Å². The molecule has 3 heterocycles. The third-order valence-corrected chi connectivity index (χ3v) is 7.90. The minimum Gasteiger partial charge on any atom is -0.464 e. The van der Waals surface area contributed by atoms with Gasteiger partial charge >= 0.3 is 6.01 Å². The van der Waals surface area contributed by atoms with Crippen molar-refractivity contribution in [3.63, 3.8) is 0 Å².